The standard InChI is InChI=1S/C10H13FIN/c1-13(2)7-6-8-9(11)4-3-5-10(8)12/h3-5H,6-7H2,1-2H3. The Morgan fingerprint density at radius 2 is 2.08 bits per heavy atom. The lowest BCUT2D eigenvalue weighted by Crippen LogP contribution is -2.16. The molecule has 0 amide bonds. The fourth-order valence-electron chi connectivity index (χ4n) is 1.11. The van der Waals surface area contributed by atoms with Gasteiger partial charge < -0.3 is 4.90 Å². The van der Waals surface area contributed by atoms with Crippen LogP contribution in [0.4, 0.5) is 4.39 Å². The van der Waals surface area contributed by atoms with Gasteiger partial charge in [-0.25, -0.2) is 4.39 Å². The normalized spacial score (nSPS) is 10.8. The molecular formula is C10H13FIN. The summed E-state index contributed by atoms with van der Waals surface area (Å²) in [5, 5.41) is 0. The molecule has 0 fully saturated rings. The Kier molecular flexibility index (Phi) is 4.12. The van der Waals surface area contributed by atoms with Gasteiger partial charge in [0.05, 0.1) is 0 Å². The molecule has 0 aromatic heterocycles. The van der Waals surface area contributed by atoms with E-state index >= 15 is 0 Å². The zero-order valence-corrected chi connectivity index (χ0v) is 10.0. The molecule has 0 radical (unpaired) electrons. The van der Waals surface area contributed by atoms with Crippen LogP contribution in [0.5, 0.6) is 0 Å². The molecule has 1 aromatic rings. The van der Waals surface area contributed by atoms with E-state index in [1.54, 1.807) is 6.07 Å². The molecule has 0 saturated carbocycles. The summed E-state index contributed by atoms with van der Waals surface area (Å²) in [6.07, 6.45) is 0.776. The van der Waals surface area contributed by atoms with Crippen molar-refractivity contribution >= 4 is 22.6 Å². The van der Waals surface area contributed by atoms with Crippen LogP contribution in [0.25, 0.3) is 0 Å². The molecular weight excluding hydrogens is 280 g/mol. The molecule has 0 aliphatic carbocycles. The summed E-state index contributed by atoms with van der Waals surface area (Å²) in [5.74, 6) is -0.0891. The topological polar surface area (TPSA) is 3.24 Å². The molecule has 0 spiro atoms. The van der Waals surface area contributed by atoms with E-state index in [1.807, 2.05) is 20.2 Å². The first-order valence-corrected chi connectivity index (χ1v) is 5.26. The van der Waals surface area contributed by atoms with Gasteiger partial charge in [-0.1, -0.05) is 6.07 Å². The maximum Gasteiger partial charge on any atom is 0.127 e. The second-order valence-electron chi connectivity index (χ2n) is 3.25. The van der Waals surface area contributed by atoms with E-state index in [9.17, 15) is 4.39 Å². The number of benzene rings is 1. The maximum absolute atomic E-state index is 13.3. The number of halogens is 2. The summed E-state index contributed by atoms with van der Waals surface area (Å²) in [6.45, 7) is 0.886. The van der Waals surface area contributed by atoms with Crippen molar-refractivity contribution in [1.29, 1.82) is 0 Å². The van der Waals surface area contributed by atoms with Gasteiger partial charge in [0.25, 0.3) is 0 Å². The van der Waals surface area contributed by atoms with Crippen LogP contribution in [0.3, 0.4) is 0 Å². The molecule has 13 heavy (non-hydrogen) atoms. The van der Waals surface area contributed by atoms with E-state index < -0.39 is 0 Å². The zero-order chi connectivity index (χ0) is 9.84. The largest absolute Gasteiger partial charge is 0.309 e. The lowest BCUT2D eigenvalue weighted by atomic mass is 10.1. The predicted octanol–water partition coefficient (Wildman–Crippen LogP) is 2.53. The van der Waals surface area contributed by atoms with E-state index in [1.165, 1.54) is 6.07 Å². The van der Waals surface area contributed by atoms with Crippen LogP contribution in [0.15, 0.2) is 18.2 Å². The van der Waals surface area contributed by atoms with Gasteiger partial charge >= 0.3 is 0 Å². The van der Waals surface area contributed by atoms with E-state index in [0.29, 0.717) is 0 Å². The third-order valence-corrected chi connectivity index (χ3v) is 2.88. The molecule has 1 nitrogen and oxygen atoms in total. The molecule has 1 rings (SSSR count). The first kappa shape index (κ1) is 10.9. The molecule has 3 heteroatoms. The van der Waals surface area contributed by atoms with Crippen molar-refractivity contribution in [3.05, 3.63) is 33.1 Å². The second kappa shape index (κ2) is 4.91. The van der Waals surface area contributed by atoms with Gasteiger partial charge in [0.1, 0.15) is 5.82 Å². The number of hydrogen-bond acceptors (Lipinski definition) is 1. The minimum Gasteiger partial charge on any atom is -0.309 e. The first-order chi connectivity index (χ1) is 6.11. The van der Waals surface area contributed by atoms with Crippen molar-refractivity contribution in [1.82, 2.24) is 4.90 Å². The van der Waals surface area contributed by atoms with Crippen LogP contribution in [-0.4, -0.2) is 25.5 Å². The molecule has 0 atom stereocenters. The summed E-state index contributed by atoms with van der Waals surface area (Å²) in [4.78, 5) is 2.06. The molecule has 0 unspecified atom stereocenters. The highest BCUT2D eigenvalue weighted by Gasteiger charge is 2.05. The zero-order valence-electron chi connectivity index (χ0n) is 7.85. The second-order valence-corrected chi connectivity index (χ2v) is 4.42. The molecule has 0 saturated heterocycles. The van der Waals surface area contributed by atoms with Crippen LogP contribution in [0, 0.1) is 9.39 Å². The molecule has 1 aromatic carbocycles. The molecule has 0 aliphatic heterocycles. The smallest absolute Gasteiger partial charge is 0.127 e. The third kappa shape index (κ3) is 3.23. The molecule has 0 heterocycles. The van der Waals surface area contributed by atoms with Crippen LogP contribution in [0.2, 0.25) is 0 Å². The van der Waals surface area contributed by atoms with E-state index in [4.69, 9.17) is 0 Å². The highest BCUT2D eigenvalue weighted by Crippen LogP contribution is 2.16. The van der Waals surface area contributed by atoms with Crippen molar-refractivity contribution < 1.29 is 4.39 Å². The number of hydrogen-bond donors (Lipinski definition) is 0. The Bertz CT molecular complexity index is 266. The quantitative estimate of drug-likeness (QED) is 0.774. The van der Waals surface area contributed by atoms with Crippen LogP contribution in [0.1, 0.15) is 5.56 Å². The number of nitrogens with zero attached hydrogens (tertiary/aromatic N) is 1. The maximum atomic E-state index is 13.3. The molecule has 72 valence electrons. The Hall–Kier alpha value is -0.160. The van der Waals surface area contributed by atoms with Crippen molar-refractivity contribution in [2.75, 3.05) is 20.6 Å². The summed E-state index contributed by atoms with van der Waals surface area (Å²) in [5.41, 5.74) is 0.830. The van der Waals surface area contributed by atoms with Gasteiger partial charge in [0.2, 0.25) is 0 Å². The van der Waals surface area contributed by atoms with Gasteiger partial charge in [-0.15, -0.1) is 0 Å². The van der Waals surface area contributed by atoms with Crippen molar-refractivity contribution in [2.24, 2.45) is 0 Å². The van der Waals surface area contributed by atoms with Crippen molar-refractivity contribution in [2.45, 2.75) is 6.42 Å². The van der Waals surface area contributed by atoms with Gasteiger partial charge in [0, 0.05) is 15.7 Å². The molecule has 0 bridgehead atoms. The minimum atomic E-state index is -0.0891. The van der Waals surface area contributed by atoms with Crippen molar-refractivity contribution in [3.63, 3.8) is 0 Å². The Labute approximate surface area is 92.1 Å². The number of rotatable bonds is 3. The minimum absolute atomic E-state index is 0.0891. The van der Waals surface area contributed by atoms with Crippen LogP contribution in [-0.2, 0) is 6.42 Å². The van der Waals surface area contributed by atoms with Gasteiger partial charge in [-0.05, 0) is 55.2 Å². The summed E-state index contributed by atoms with van der Waals surface area (Å²) < 4.78 is 14.3. The first-order valence-electron chi connectivity index (χ1n) is 4.19. The lowest BCUT2D eigenvalue weighted by molar-refractivity contribution is 0.409. The van der Waals surface area contributed by atoms with Gasteiger partial charge in [-0.2, -0.15) is 0 Å². The predicted molar refractivity (Wildman–Crippen MR) is 61.4 cm³/mol. The van der Waals surface area contributed by atoms with E-state index in [2.05, 4.69) is 27.5 Å². The average molecular weight is 293 g/mol. The van der Waals surface area contributed by atoms with E-state index in [0.717, 1.165) is 22.1 Å². The molecule has 0 N–H and O–H groups in total. The monoisotopic (exact) mass is 293 g/mol. The summed E-state index contributed by atoms with van der Waals surface area (Å²) >= 11 is 2.17. The highest BCUT2D eigenvalue weighted by molar-refractivity contribution is 14.1. The Morgan fingerprint density at radius 1 is 1.38 bits per heavy atom. The van der Waals surface area contributed by atoms with Gasteiger partial charge in [-0.3, -0.25) is 0 Å². The Balaban J connectivity index is 2.75. The van der Waals surface area contributed by atoms with Crippen LogP contribution < -0.4 is 0 Å². The fourth-order valence-corrected chi connectivity index (χ4v) is 1.84. The summed E-state index contributed by atoms with van der Waals surface area (Å²) in [7, 11) is 3.99. The fraction of sp³-hybridized carbons (Fsp3) is 0.400. The average Bonchev–Trinajstić information content (AvgIpc) is 2.03. The lowest BCUT2D eigenvalue weighted by Gasteiger charge is -2.10. The number of likely N-dealkylation sites (N-methyl/N-ethyl adjacent to an activating group) is 1. The summed E-state index contributed by atoms with van der Waals surface area (Å²) in [6, 6.07) is 5.21. The molecule has 0 aliphatic rings. The van der Waals surface area contributed by atoms with Crippen LogP contribution >= 0.6 is 22.6 Å². The Morgan fingerprint density at radius 3 is 2.62 bits per heavy atom. The third-order valence-electron chi connectivity index (χ3n) is 1.87. The van der Waals surface area contributed by atoms with Gasteiger partial charge in [0.15, 0.2) is 0 Å². The van der Waals surface area contributed by atoms with Crippen molar-refractivity contribution in [3.8, 4) is 0 Å². The van der Waals surface area contributed by atoms with E-state index in [-0.39, 0.29) is 5.82 Å². The highest BCUT2D eigenvalue weighted by atomic mass is 127. The SMILES string of the molecule is CN(C)CCc1c(F)cccc1I.